The number of ether oxygens (including phenoxy) is 2. The maximum Gasteiger partial charge on any atom is 0.224 e. The van der Waals surface area contributed by atoms with Crippen LogP contribution in [-0.4, -0.2) is 26.7 Å². The molecule has 0 aromatic heterocycles. The maximum absolute atomic E-state index is 12.4. The standard InChI is InChI=1S/C20H23NO3/c1-23-17-8-9-18(24-2)15(12-17)13-19(22)21-14-20(10-11-20)16-6-4-3-5-7-16/h3-9,12H,10-11,13-14H2,1-2H3,(H,21,22). The lowest BCUT2D eigenvalue weighted by molar-refractivity contribution is -0.120. The zero-order chi connectivity index (χ0) is 17.0. The number of benzene rings is 2. The van der Waals surface area contributed by atoms with E-state index in [2.05, 4.69) is 29.6 Å². The van der Waals surface area contributed by atoms with Crippen molar-refractivity contribution in [1.82, 2.24) is 5.32 Å². The molecule has 0 saturated heterocycles. The topological polar surface area (TPSA) is 47.6 Å². The summed E-state index contributed by atoms with van der Waals surface area (Å²) in [7, 11) is 3.22. The van der Waals surface area contributed by atoms with Crippen LogP contribution < -0.4 is 14.8 Å². The number of hydrogen-bond donors (Lipinski definition) is 1. The van der Waals surface area contributed by atoms with Gasteiger partial charge in [-0.05, 0) is 36.6 Å². The van der Waals surface area contributed by atoms with Crippen molar-refractivity contribution in [3.63, 3.8) is 0 Å². The third kappa shape index (κ3) is 3.53. The van der Waals surface area contributed by atoms with E-state index in [1.807, 2.05) is 24.3 Å². The number of rotatable bonds is 7. The van der Waals surface area contributed by atoms with Gasteiger partial charge in [0.15, 0.2) is 0 Å². The molecule has 4 nitrogen and oxygen atoms in total. The minimum absolute atomic E-state index is 0.00348. The molecule has 4 heteroatoms. The van der Waals surface area contributed by atoms with Crippen LogP contribution in [0.2, 0.25) is 0 Å². The fraction of sp³-hybridized carbons (Fsp3) is 0.350. The van der Waals surface area contributed by atoms with E-state index in [-0.39, 0.29) is 17.7 Å². The minimum Gasteiger partial charge on any atom is -0.497 e. The zero-order valence-corrected chi connectivity index (χ0v) is 14.2. The molecule has 0 unspecified atom stereocenters. The van der Waals surface area contributed by atoms with Gasteiger partial charge in [-0.15, -0.1) is 0 Å². The van der Waals surface area contributed by atoms with Gasteiger partial charge in [0.25, 0.3) is 0 Å². The molecule has 1 N–H and O–H groups in total. The summed E-state index contributed by atoms with van der Waals surface area (Å²) in [5.74, 6) is 1.43. The SMILES string of the molecule is COc1ccc(OC)c(CC(=O)NCC2(c3ccccc3)CC2)c1. The van der Waals surface area contributed by atoms with Gasteiger partial charge in [0.1, 0.15) is 11.5 Å². The fourth-order valence-corrected chi connectivity index (χ4v) is 3.03. The van der Waals surface area contributed by atoms with E-state index in [0.717, 1.165) is 24.2 Å². The summed E-state index contributed by atoms with van der Waals surface area (Å²) in [5, 5.41) is 3.09. The first-order valence-corrected chi connectivity index (χ1v) is 8.20. The van der Waals surface area contributed by atoms with Gasteiger partial charge in [0.05, 0.1) is 20.6 Å². The Morgan fingerprint density at radius 1 is 1.08 bits per heavy atom. The molecule has 1 aliphatic rings. The molecule has 3 rings (SSSR count). The van der Waals surface area contributed by atoms with E-state index < -0.39 is 0 Å². The van der Waals surface area contributed by atoms with Crippen LogP contribution in [0.4, 0.5) is 0 Å². The zero-order valence-electron chi connectivity index (χ0n) is 14.2. The van der Waals surface area contributed by atoms with Gasteiger partial charge in [-0.25, -0.2) is 0 Å². The largest absolute Gasteiger partial charge is 0.497 e. The lowest BCUT2D eigenvalue weighted by Gasteiger charge is -2.17. The molecule has 0 atom stereocenters. The number of amides is 1. The summed E-state index contributed by atoms with van der Waals surface area (Å²) in [6.45, 7) is 0.683. The van der Waals surface area contributed by atoms with Crippen LogP contribution in [0.1, 0.15) is 24.0 Å². The molecule has 1 saturated carbocycles. The summed E-state index contributed by atoms with van der Waals surface area (Å²) < 4.78 is 10.6. The van der Waals surface area contributed by atoms with E-state index in [4.69, 9.17) is 9.47 Å². The number of methoxy groups -OCH3 is 2. The third-order valence-electron chi connectivity index (χ3n) is 4.70. The van der Waals surface area contributed by atoms with E-state index in [0.29, 0.717) is 12.3 Å². The normalized spacial score (nSPS) is 14.8. The summed E-state index contributed by atoms with van der Waals surface area (Å²) in [4.78, 5) is 12.4. The molecule has 0 aliphatic heterocycles. The average Bonchev–Trinajstić information content (AvgIpc) is 3.42. The smallest absolute Gasteiger partial charge is 0.224 e. The average molecular weight is 325 g/mol. The second-order valence-corrected chi connectivity index (χ2v) is 6.28. The number of carbonyl (C=O) groups excluding carboxylic acids is 1. The van der Waals surface area contributed by atoms with Crippen LogP contribution in [0, 0.1) is 0 Å². The molecule has 2 aromatic carbocycles. The molecule has 1 amide bonds. The molecule has 0 spiro atoms. The Balaban J connectivity index is 1.63. The first-order valence-electron chi connectivity index (χ1n) is 8.20. The van der Waals surface area contributed by atoms with Gasteiger partial charge in [-0.1, -0.05) is 30.3 Å². The first kappa shape index (κ1) is 16.4. The Hall–Kier alpha value is -2.49. The Morgan fingerprint density at radius 3 is 2.46 bits per heavy atom. The minimum atomic E-state index is 0.00348. The van der Waals surface area contributed by atoms with Gasteiger partial charge in [0, 0.05) is 17.5 Å². The van der Waals surface area contributed by atoms with Crippen molar-refractivity contribution in [3.05, 3.63) is 59.7 Å². The maximum atomic E-state index is 12.4. The molecule has 0 radical (unpaired) electrons. The van der Waals surface area contributed by atoms with Gasteiger partial charge in [0.2, 0.25) is 5.91 Å². The summed E-state index contributed by atoms with van der Waals surface area (Å²) in [6, 6.07) is 15.9. The van der Waals surface area contributed by atoms with Crippen LogP contribution >= 0.6 is 0 Å². The lowest BCUT2D eigenvalue weighted by Crippen LogP contribution is -2.33. The Bertz CT molecular complexity index is 708. The van der Waals surface area contributed by atoms with Crippen molar-refractivity contribution in [2.24, 2.45) is 0 Å². The molecule has 24 heavy (non-hydrogen) atoms. The highest BCUT2D eigenvalue weighted by molar-refractivity contribution is 5.79. The Morgan fingerprint density at radius 2 is 1.83 bits per heavy atom. The highest BCUT2D eigenvalue weighted by Gasteiger charge is 2.44. The molecular formula is C20H23NO3. The molecule has 2 aromatic rings. The number of carbonyl (C=O) groups is 1. The van der Waals surface area contributed by atoms with Gasteiger partial charge in [-0.2, -0.15) is 0 Å². The Kier molecular flexibility index (Phi) is 4.74. The molecule has 0 heterocycles. The molecule has 1 fully saturated rings. The van der Waals surface area contributed by atoms with Crippen LogP contribution in [-0.2, 0) is 16.6 Å². The van der Waals surface area contributed by atoms with Crippen molar-refractivity contribution in [1.29, 1.82) is 0 Å². The first-order chi connectivity index (χ1) is 11.7. The summed E-state index contributed by atoms with van der Waals surface area (Å²) >= 11 is 0. The summed E-state index contributed by atoms with van der Waals surface area (Å²) in [5.41, 5.74) is 2.26. The van der Waals surface area contributed by atoms with Crippen molar-refractivity contribution in [2.45, 2.75) is 24.7 Å². The van der Waals surface area contributed by atoms with Gasteiger partial charge in [-0.3, -0.25) is 4.79 Å². The highest BCUT2D eigenvalue weighted by Crippen LogP contribution is 2.47. The Labute approximate surface area is 142 Å². The van der Waals surface area contributed by atoms with Gasteiger partial charge < -0.3 is 14.8 Å². The second kappa shape index (κ2) is 6.95. The van der Waals surface area contributed by atoms with Crippen molar-refractivity contribution >= 4 is 5.91 Å². The van der Waals surface area contributed by atoms with Crippen LogP contribution in [0.5, 0.6) is 11.5 Å². The molecule has 0 bridgehead atoms. The van der Waals surface area contributed by atoms with Crippen LogP contribution in [0.25, 0.3) is 0 Å². The molecule has 126 valence electrons. The second-order valence-electron chi connectivity index (χ2n) is 6.28. The van der Waals surface area contributed by atoms with E-state index in [1.54, 1.807) is 14.2 Å². The van der Waals surface area contributed by atoms with Crippen molar-refractivity contribution < 1.29 is 14.3 Å². The fourth-order valence-electron chi connectivity index (χ4n) is 3.03. The predicted octanol–water partition coefficient (Wildman–Crippen LogP) is 3.09. The molecular weight excluding hydrogens is 302 g/mol. The highest BCUT2D eigenvalue weighted by atomic mass is 16.5. The third-order valence-corrected chi connectivity index (χ3v) is 4.70. The van der Waals surface area contributed by atoms with Crippen molar-refractivity contribution in [3.8, 4) is 11.5 Å². The van der Waals surface area contributed by atoms with E-state index in [1.165, 1.54) is 5.56 Å². The predicted molar refractivity (Wildman–Crippen MR) is 93.6 cm³/mol. The number of hydrogen-bond acceptors (Lipinski definition) is 3. The van der Waals surface area contributed by atoms with Crippen LogP contribution in [0.15, 0.2) is 48.5 Å². The van der Waals surface area contributed by atoms with Crippen molar-refractivity contribution in [2.75, 3.05) is 20.8 Å². The summed E-state index contributed by atoms with van der Waals surface area (Å²) in [6.07, 6.45) is 2.53. The molecule has 1 aliphatic carbocycles. The number of nitrogens with one attached hydrogen (secondary N) is 1. The monoisotopic (exact) mass is 325 g/mol. The van der Waals surface area contributed by atoms with E-state index >= 15 is 0 Å². The quantitative estimate of drug-likeness (QED) is 0.851. The lowest BCUT2D eigenvalue weighted by atomic mass is 9.96. The van der Waals surface area contributed by atoms with E-state index in [9.17, 15) is 4.79 Å². The van der Waals surface area contributed by atoms with Crippen LogP contribution in [0.3, 0.4) is 0 Å². The van der Waals surface area contributed by atoms with Gasteiger partial charge >= 0.3 is 0 Å².